The number of carbonyl (C=O) groups is 1. The summed E-state index contributed by atoms with van der Waals surface area (Å²) in [4.78, 5) is 14.3. The van der Waals surface area contributed by atoms with Gasteiger partial charge < -0.3 is 14.4 Å². The first-order valence-corrected chi connectivity index (χ1v) is 9.50. The summed E-state index contributed by atoms with van der Waals surface area (Å²) >= 11 is 3.82. The largest absolute Gasteiger partial charge is 0.493 e. The minimum atomic E-state index is -0.465. The topological polar surface area (TPSA) is 38.8 Å². The van der Waals surface area contributed by atoms with E-state index in [0.717, 1.165) is 31.6 Å². The number of amides is 1. The molecule has 2 aliphatic rings. The van der Waals surface area contributed by atoms with Gasteiger partial charge in [0, 0.05) is 29.0 Å². The number of ether oxygens (including phenoxy) is 2. The molecule has 0 aliphatic carbocycles. The fourth-order valence-corrected chi connectivity index (χ4v) is 4.57. The highest BCUT2D eigenvalue weighted by atomic mass is 79.9. The van der Waals surface area contributed by atoms with Crippen molar-refractivity contribution in [3.63, 3.8) is 0 Å². The lowest BCUT2D eigenvalue weighted by Crippen LogP contribution is -2.38. The van der Waals surface area contributed by atoms with Crippen LogP contribution in [-0.2, 0) is 17.6 Å². The van der Waals surface area contributed by atoms with E-state index in [2.05, 4.69) is 28.9 Å². The SMILES string of the molecule is CC1CN(C(=O)OC(C)(C)C)CCc2cc3c(c(Br)c21)CCCO3. The number of carbonyl (C=O) groups excluding carboxylic acids is 1. The summed E-state index contributed by atoms with van der Waals surface area (Å²) in [5.74, 6) is 1.27. The summed E-state index contributed by atoms with van der Waals surface area (Å²) in [7, 11) is 0. The van der Waals surface area contributed by atoms with E-state index in [1.54, 1.807) is 0 Å². The fraction of sp³-hybridized carbons (Fsp3) is 0.632. The number of hydrogen-bond donors (Lipinski definition) is 0. The Morgan fingerprint density at radius 1 is 1.38 bits per heavy atom. The summed E-state index contributed by atoms with van der Waals surface area (Å²) in [5, 5.41) is 0. The van der Waals surface area contributed by atoms with Gasteiger partial charge in [-0.1, -0.05) is 22.9 Å². The van der Waals surface area contributed by atoms with Gasteiger partial charge >= 0.3 is 6.09 Å². The predicted octanol–water partition coefficient (Wildman–Crippen LogP) is 4.67. The van der Waals surface area contributed by atoms with Gasteiger partial charge in [0.2, 0.25) is 0 Å². The Hall–Kier alpha value is -1.23. The first kappa shape index (κ1) is 17.6. The van der Waals surface area contributed by atoms with Gasteiger partial charge in [-0.2, -0.15) is 0 Å². The summed E-state index contributed by atoms with van der Waals surface area (Å²) in [6, 6.07) is 2.18. The maximum absolute atomic E-state index is 12.5. The first-order valence-electron chi connectivity index (χ1n) is 8.71. The maximum Gasteiger partial charge on any atom is 0.410 e. The Bertz CT molecular complexity index is 651. The molecule has 0 saturated heterocycles. The Kier molecular flexibility index (Phi) is 4.82. The Morgan fingerprint density at radius 3 is 2.83 bits per heavy atom. The normalized spacial score (nSPS) is 20.5. The first-order chi connectivity index (χ1) is 11.3. The molecular weight excluding hydrogens is 370 g/mol. The van der Waals surface area contributed by atoms with E-state index in [1.165, 1.54) is 21.2 Å². The third-order valence-corrected chi connectivity index (χ3v) is 5.47. The number of nitrogens with zero attached hydrogens (tertiary/aromatic N) is 1. The maximum atomic E-state index is 12.5. The van der Waals surface area contributed by atoms with Gasteiger partial charge in [-0.05, 0) is 57.2 Å². The molecule has 0 aromatic heterocycles. The van der Waals surface area contributed by atoms with Crippen LogP contribution in [0.25, 0.3) is 0 Å². The zero-order valence-electron chi connectivity index (χ0n) is 14.9. The zero-order chi connectivity index (χ0) is 17.5. The molecule has 1 unspecified atom stereocenters. The molecule has 0 bridgehead atoms. The van der Waals surface area contributed by atoms with Crippen LogP contribution in [0.3, 0.4) is 0 Å². The number of benzene rings is 1. The molecule has 3 rings (SSSR count). The Morgan fingerprint density at radius 2 is 2.12 bits per heavy atom. The Balaban J connectivity index is 1.88. The van der Waals surface area contributed by atoms with E-state index >= 15 is 0 Å². The van der Waals surface area contributed by atoms with Crippen LogP contribution in [0.2, 0.25) is 0 Å². The van der Waals surface area contributed by atoms with Crippen LogP contribution in [0.5, 0.6) is 5.75 Å². The zero-order valence-corrected chi connectivity index (χ0v) is 16.5. The monoisotopic (exact) mass is 395 g/mol. The van der Waals surface area contributed by atoms with Gasteiger partial charge in [-0.3, -0.25) is 0 Å². The summed E-state index contributed by atoms with van der Waals surface area (Å²) in [6.45, 7) is 10.0. The highest BCUT2D eigenvalue weighted by molar-refractivity contribution is 9.10. The van der Waals surface area contributed by atoms with Crippen LogP contribution in [0.15, 0.2) is 10.5 Å². The van der Waals surface area contributed by atoms with E-state index in [4.69, 9.17) is 9.47 Å². The van der Waals surface area contributed by atoms with Crippen LogP contribution in [0.4, 0.5) is 4.79 Å². The van der Waals surface area contributed by atoms with Gasteiger partial charge in [0.25, 0.3) is 0 Å². The number of halogens is 1. The summed E-state index contributed by atoms with van der Waals surface area (Å²) in [6.07, 6.45) is 2.71. The molecule has 5 heteroatoms. The highest BCUT2D eigenvalue weighted by Gasteiger charge is 2.30. The van der Waals surface area contributed by atoms with Crippen molar-refractivity contribution < 1.29 is 14.3 Å². The van der Waals surface area contributed by atoms with E-state index in [0.29, 0.717) is 13.1 Å². The standard InChI is InChI=1S/C19H26BrNO3/c1-12-11-21(18(22)24-19(2,3)4)8-7-13-10-15-14(6-5-9-23-15)17(20)16(12)13/h10,12H,5-9,11H2,1-4H3. The van der Waals surface area contributed by atoms with Crippen LogP contribution in [0.1, 0.15) is 56.7 Å². The van der Waals surface area contributed by atoms with E-state index in [-0.39, 0.29) is 12.0 Å². The molecule has 0 spiro atoms. The van der Waals surface area contributed by atoms with Gasteiger partial charge in [0.1, 0.15) is 11.4 Å². The molecular formula is C19H26BrNO3. The molecule has 2 aliphatic heterocycles. The van der Waals surface area contributed by atoms with Crippen molar-refractivity contribution in [3.8, 4) is 5.75 Å². The van der Waals surface area contributed by atoms with Gasteiger partial charge in [0.15, 0.2) is 0 Å². The average molecular weight is 396 g/mol. The van der Waals surface area contributed by atoms with Crippen molar-refractivity contribution in [2.75, 3.05) is 19.7 Å². The molecule has 0 N–H and O–H groups in total. The van der Waals surface area contributed by atoms with Crippen molar-refractivity contribution >= 4 is 22.0 Å². The summed E-state index contributed by atoms with van der Waals surface area (Å²) in [5.41, 5.74) is 3.41. The molecule has 1 amide bonds. The molecule has 0 fully saturated rings. The summed E-state index contributed by atoms with van der Waals surface area (Å²) < 4.78 is 12.6. The van der Waals surface area contributed by atoms with Crippen LogP contribution in [0, 0.1) is 0 Å². The van der Waals surface area contributed by atoms with Crippen molar-refractivity contribution in [2.45, 2.75) is 58.5 Å². The predicted molar refractivity (Wildman–Crippen MR) is 97.9 cm³/mol. The molecule has 0 radical (unpaired) electrons. The van der Waals surface area contributed by atoms with Crippen molar-refractivity contribution in [1.29, 1.82) is 0 Å². The lowest BCUT2D eigenvalue weighted by molar-refractivity contribution is 0.0248. The molecule has 24 heavy (non-hydrogen) atoms. The van der Waals surface area contributed by atoms with Gasteiger partial charge in [0.05, 0.1) is 6.61 Å². The number of fused-ring (bicyclic) bond motifs is 2. The second-order valence-corrected chi connectivity index (χ2v) is 8.56. The second-order valence-electron chi connectivity index (χ2n) is 7.77. The van der Waals surface area contributed by atoms with Crippen molar-refractivity contribution in [3.05, 3.63) is 27.2 Å². The highest BCUT2D eigenvalue weighted by Crippen LogP contribution is 2.41. The fourth-order valence-electron chi connectivity index (χ4n) is 3.53. The van der Waals surface area contributed by atoms with Crippen LogP contribution >= 0.6 is 15.9 Å². The molecule has 1 aromatic rings. The van der Waals surface area contributed by atoms with E-state index in [9.17, 15) is 4.79 Å². The third kappa shape index (κ3) is 3.56. The smallest absolute Gasteiger partial charge is 0.410 e. The third-order valence-electron chi connectivity index (χ3n) is 4.57. The van der Waals surface area contributed by atoms with Gasteiger partial charge in [-0.15, -0.1) is 0 Å². The van der Waals surface area contributed by atoms with E-state index in [1.807, 2.05) is 25.7 Å². The minimum absolute atomic E-state index is 0.223. The molecule has 0 saturated carbocycles. The van der Waals surface area contributed by atoms with Crippen molar-refractivity contribution in [2.24, 2.45) is 0 Å². The van der Waals surface area contributed by atoms with Crippen molar-refractivity contribution in [1.82, 2.24) is 4.90 Å². The second kappa shape index (κ2) is 6.58. The molecule has 2 heterocycles. The molecule has 1 atom stereocenters. The Labute approximate surface area is 152 Å². The molecule has 1 aromatic carbocycles. The lowest BCUT2D eigenvalue weighted by Gasteiger charge is -2.28. The minimum Gasteiger partial charge on any atom is -0.493 e. The number of hydrogen-bond acceptors (Lipinski definition) is 3. The van der Waals surface area contributed by atoms with Gasteiger partial charge in [-0.25, -0.2) is 4.79 Å². The molecule has 4 nitrogen and oxygen atoms in total. The van der Waals surface area contributed by atoms with E-state index < -0.39 is 5.60 Å². The van der Waals surface area contributed by atoms with Crippen LogP contribution < -0.4 is 4.74 Å². The van der Waals surface area contributed by atoms with Crippen LogP contribution in [-0.4, -0.2) is 36.3 Å². The lowest BCUT2D eigenvalue weighted by atomic mass is 9.91. The quantitative estimate of drug-likeness (QED) is 0.640. The average Bonchev–Trinajstić information content (AvgIpc) is 2.65. The molecule has 132 valence electrons. The number of rotatable bonds is 0.